The molecular formula is C13H11F3N4OS. The molecule has 3 rings (SSSR count). The topological polar surface area (TPSA) is 71.5 Å². The second-order valence-electron chi connectivity index (χ2n) is 4.85. The second-order valence-corrected chi connectivity index (χ2v) is 5.79. The number of carbonyl (C=O) groups excluding carboxylic acids is 1. The molecule has 1 N–H and O–H groups in total. The first-order valence-electron chi connectivity index (χ1n) is 6.56. The lowest BCUT2D eigenvalue weighted by atomic mass is 9.96. The highest BCUT2D eigenvalue weighted by atomic mass is 32.2. The molecule has 0 amide bonds. The average molecular weight is 328 g/mol. The number of H-pyrrole nitrogens is 1. The molecule has 5 nitrogen and oxygen atoms in total. The highest BCUT2D eigenvalue weighted by Crippen LogP contribution is 2.33. The Morgan fingerprint density at radius 2 is 2.09 bits per heavy atom. The van der Waals surface area contributed by atoms with Gasteiger partial charge in [0.1, 0.15) is 5.69 Å². The summed E-state index contributed by atoms with van der Waals surface area (Å²) in [6, 6.07) is 0. The summed E-state index contributed by atoms with van der Waals surface area (Å²) in [5, 5.41) is 5.76. The predicted octanol–water partition coefficient (Wildman–Crippen LogP) is 3.03. The van der Waals surface area contributed by atoms with Gasteiger partial charge >= 0.3 is 6.18 Å². The van der Waals surface area contributed by atoms with Crippen LogP contribution in [-0.2, 0) is 18.3 Å². The summed E-state index contributed by atoms with van der Waals surface area (Å²) >= 11 is 1.09. The van der Waals surface area contributed by atoms with Crippen LogP contribution in [0.4, 0.5) is 13.2 Å². The van der Waals surface area contributed by atoms with Crippen LogP contribution in [0.2, 0.25) is 0 Å². The third-order valence-corrected chi connectivity index (χ3v) is 4.23. The zero-order valence-electron chi connectivity index (χ0n) is 11.3. The molecule has 22 heavy (non-hydrogen) atoms. The highest BCUT2D eigenvalue weighted by molar-refractivity contribution is 7.98. The third-order valence-electron chi connectivity index (χ3n) is 3.32. The summed E-state index contributed by atoms with van der Waals surface area (Å²) < 4.78 is 38.2. The zero-order valence-corrected chi connectivity index (χ0v) is 12.1. The second kappa shape index (κ2) is 5.71. The molecule has 1 aliphatic carbocycles. The van der Waals surface area contributed by atoms with E-state index in [1.54, 1.807) is 0 Å². The smallest absolute Gasteiger partial charge is 0.294 e. The van der Waals surface area contributed by atoms with E-state index in [2.05, 4.69) is 15.1 Å². The van der Waals surface area contributed by atoms with Crippen LogP contribution in [-0.4, -0.2) is 25.9 Å². The number of nitrogens with one attached hydrogen (secondary N) is 1. The molecule has 116 valence electrons. The summed E-state index contributed by atoms with van der Waals surface area (Å²) in [5.74, 6) is 0.0740. The molecule has 0 atom stereocenters. The molecular weight excluding hydrogens is 317 g/mol. The molecule has 0 aromatic carbocycles. The van der Waals surface area contributed by atoms with Gasteiger partial charge in [0.05, 0.1) is 17.5 Å². The van der Waals surface area contributed by atoms with Gasteiger partial charge in [0.15, 0.2) is 10.9 Å². The molecule has 0 fully saturated rings. The number of carbonyl (C=O) groups is 1. The molecule has 2 aromatic rings. The minimum atomic E-state index is -4.46. The van der Waals surface area contributed by atoms with Gasteiger partial charge in [-0.25, -0.2) is 9.97 Å². The van der Waals surface area contributed by atoms with Gasteiger partial charge in [0.2, 0.25) is 0 Å². The Hall–Kier alpha value is -1.90. The van der Waals surface area contributed by atoms with Crippen LogP contribution < -0.4 is 0 Å². The summed E-state index contributed by atoms with van der Waals surface area (Å²) in [4.78, 5) is 20.0. The van der Waals surface area contributed by atoms with E-state index in [1.165, 1.54) is 6.20 Å². The van der Waals surface area contributed by atoms with Gasteiger partial charge in [0, 0.05) is 23.9 Å². The summed E-state index contributed by atoms with van der Waals surface area (Å²) in [6.07, 6.45) is 0.0792. The zero-order chi connectivity index (χ0) is 15.7. The van der Waals surface area contributed by atoms with E-state index in [-0.39, 0.29) is 17.1 Å². The van der Waals surface area contributed by atoms with E-state index in [0.717, 1.165) is 24.4 Å². The average Bonchev–Trinajstić information content (AvgIpc) is 2.94. The standard InChI is InChI=1S/C13H11F3N4OS/c14-13(15,16)11-7(4-18-20-11)6-22-12-17-5-8-9(19-12)2-1-3-10(8)21/h4-5H,1-3,6H2,(H,18,20). The van der Waals surface area contributed by atoms with Crippen molar-refractivity contribution in [3.8, 4) is 0 Å². The van der Waals surface area contributed by atoms with Crippen LogP contribution >= 0.6 is 11.8 Å². The maximum Gasteiger partial charge on any atom is 0.433 e. The number of aryl methyl sites for hydroxylation is 1. The first kappa shape index (κ1) is 15.0. The quantitative estimate of drug-likeness (QED) is 0.693. The molecule has 0 aliphatic heterocycles. The van der Waals surface area contributed by atoms with Crippen LogP contribution in [0.3, 0.4) is 0 Å². The van der Waals surface area contributed by atoms with Crippen LogP contribution in [0.25, 0.3) is 0 Å². The maximum absolute atomic E-state index is 12.7. The number of aromatic nitrogens is 4. The summed E-state index contributed by atoms with van der Waals surface area (Å²) in [5.41, 5.74) is 0.398. The van der Waals surface area contributed by atoms with Gasteiger partial charge in [-0.2, -0.15) is 18.3 Å². The van der Waals surface area contributed by atoms with Crippen molar-refractivity contribution in [3.63, 3.8) is 0 Å². The SMILES string of the molecule is O=C1CCCc2nc(SCc3cn[nH]c3C(F)(F)F)ncc21. The summed E-state index contributed by atoms with van der Waals surface area (Å²) in [6.45, 7) is 0. The first-order valence-corrected chi connectivity index (χ1v) is 7.55. The molecule has 0 radical (unpaired) electrons. The Bertz CT molecular complexity index is 714. The molecule has 0 bridgehead atoms. The van der Waals surface area contributed by atoms with Gasteiger partial charge in [-0.3, -0.25) is 9.89 Å². The molecule has 0 saturated carbocycles. The van der Waals surface area contributed by atoms with Gasteiger partial charge in [0.25, 0.3) is 0 Å². The number of aromatic amines is 1. The van der Waals surface area contributed by atoms with E-state index in [0.29, 0.717) is 29.3 Å². The van der Waals surface area contributed by atoms with Crippen LogP contribution in [0.15, 0.2) is 17.6 Å². The summed E-state index contributed by atoms with van der Waals surface area (Å²) in [7, 11) is 0. The van der Waals surface area contributed by atoms with Crippen LogP contribution in [0.5, 0.6) is 0 Å². The van der Waals surface area contributed by atoms with Gasteiger partial charge in [-0.15, -0.1) is 0 Å². The fourth-order valence-electron chi connectivity index (χ4n) is 2.25. The minimum absolute atomic E-state index is 0.0204. The Balaban J connectivity index is 1.75. The molecule has 0 unspecified atom stereocenters. The number of rotatable bonds is 3. The molecule has 2 heterocycles. The molecule has 1 aliphatic rings. The third kappa shape index (κ3) is 2.99. The maximum atomic E-state index is 12.7. The number of alkyl halides is 3. The first-order chi connectivity index (χ1) is 10.4. The van der Waals surface area contributed by atoms with Crippen molar-refractivity contribution in [2.24, 2.45) is 0 Å². The number of fused-ring (bicyclic) bond motifs is 1. The Morgan fingerprint density at radius 3 is 2.86 bits per heavy atom. The fourth-order valence-corrected chi connectivity index (χ4v) is 3.06. The van der Waals surface area contributed by atoms with Crippen molar-refractivity contribution in [2.75, 3.05) is 0 Å². The number of hydrogen-bond donors (Lipinski definition) is 1. The molecule has 0 spiro atoms. The lowest BCUT2D eigenvalue weighted by Gasteiger charge is -2.13. The van der Waals surface area contributed by atoms with Crippen molar-refractivity contribution in [2.45, 2.75) is 36.3 Å². The lowest BCUT2D eigenvalue weighted by Crippen LogP contribution is -2.13. The van der Waals surface area contributed by atoms with E-state index < -0.39 is 11.9 Å². The van der Waals surface area contributed by atoms with E-state index in [4.69, 9.17) is 0 Å². The largest absolute Gasteiger partial charge is 0.433 e. The number of halogens is 3. The number of thioether (sulfide) groups is 1. The van der Waals surface area contributed by atoms with E-state index in [1.807, 2.05) is 5.10 Å². The highest BCUT2D eigenvalue weighted by Gasteiger charge is 2.35. The van der Waals surface area contributed by atoms with Gasteiger partial charge in [-0.1, -0.05) is 11.8 Å². The van der Waals surface area contributed by atoms with Gasteiger partial charge < -0.3 is 0 Å². The Morgan fingerprint density at radius 1 is 1.27 bits per heavy atom. The van der Waals surface area contributed by atoms with Crippen molar-refractivity contribution < 1.29 is 18.0 Å². The molecule has 0 saturated heterocycles. The number of ketones is 1. The van der Waals surface area contributed by atoms with Crippen molar-refractivity contribution in [3.05, 3.63) is 34.9 Å². The number of nitrogens with zero attached hydrogens (tertiary/aromatic N) is 3. The number of Topliss-reactive ketones (excluding diaryl/α,β-unsaturated/α-hetero) is 1. The molecule has 9 heteroatoms. The van der Waals surface area contributed by atoms with Gasteiger partial charge in [-0.05, 0) is 12.8 Å². The van der Waals surface area contributed by atoms with Crippen molar-refractivity contribution in [1.29, 1.82) is 0 Å². The number of hydrogen-bond acceptors (Lipinski definition) is 5. The van der Waals surface area contributed by atoms with Crippen molar-refractivity contribution >= 4 is 17.5 Å². The minimum Gasteiger partial charge on any atom is -0.294 e. The van der Waals surface area contributed by atoms with E-state index >= 15 is 0 Å². The normalized spacial score (nSPS) is 15.0. The monoisotopic (exact) mass is 328 g/mol. The van der Waals surface area contributed by atoms with Crippen molar-refractivity contribution in [1.82, 2.24) is 20.2 Å². The fraction of sp³-hybridized carbons (Fsp3) is 0.385. The lowest BCUT2D eigenvalue weighted by molar-refractivity contribution is -0.141. The van der Waals surface area contributed by atoms with Crippen LogP contribution in [0.1, 0.15) is 40.2 Å². The predicted molar refractivity (Wildman–Crippen MR) is 72.5 cm³/mol. The Labute approximate surface area is 127 Å². The van der Waals surface area contributed by atoms with E-state index in [9.17, 15) is 18.0 Å². The Kier molecular flexibility index (Phi) is 3.90. The molecule has 2 aromatic heterocycles. The van der Waals surface area contributed by atoms with Crippen LogP contribution in [0, 0.1) is 0 Å².